The number of rotatable bonds is 7. The number of nitrogens with zero attached hydrogens (tertiary/aromatic N) is 1. The number of H-pyrrole nitrogens is 1. The molecule has 0 aliphatic carbocycles. The van der Waals surface area contributed by atoms with Gasteiger partial charge < -0.3 is 15.2 Å². The van der Waals surface area contributed by atoms with Crippen LogP contribution in [0.5, 0.6) is 0 Å². The number of hydrogen-bond donors (Lipinski definition) is 3. The molecular weight excluding hydrogens is 478 g/mol. The fraction of sp³-hybridized carbons (Fsp3) is 0.120. The fourth-order valence-electron chi connectivity index (χ4n) is 3.65. The van der Waals surface area contributed by atoms with Crippen LogP contribution in [0.25, 0.3) is 22.4 Å². The van der Waals surface area contributed by atoms with Gasteiger partial charge in [-0.05, 0) is 35.9 Å². The highest BCUT2D eigenvalue weighted by atomic mass is 32.2. The maximum Gasteiger partial charge on any atom is 0.200 e. The summed E-state index contributed by atoms with van der Waals surface area (Å²) in [6.07, 6.45) is -0.411. The van der Waals surface area contributed by atoms with Gasteiger partial charge in [0, 0.05) is 23.4 Å². The summed E-state index contributed by atoms with van der Waals surface area (Å²) in [5.74, 6) is -3.97. The van der Waals surface area contributed by atoms with Gasteiger partial charge in [0.15, 0.2) is 0 Å². The number of para-hydroxylation sites is 2. The van der Waals surface area contributed by atoms with Crippen LogP contribution in [-0.2, 0) is 9.84 Å². The van der Waals surface area contributed by atoms with E-state index in [1.165, 1.54) is 24.3 Å². The minimum Gasteiger partial charge on any atom is -0.506 e. The van der Waals surface area contributed by atoms with Crippen molar-refractivity contribution in [2.24, 2.45) is 0 Å². The minimum absolute atomic E-state index is 0.00562. The molecule has 3 aromatic carbocycles. The number of hydrogen-bond acceptors (Lipinski definition) is 6. The van der Waals surface area contributed by atoms with Crippen molar-refractivity contribution in [3.05, 3.63) is 101 Å². The molecule has 35 heavy (non-hydrogen) atoms. The minimum atomic E-state index is -3.51. The molecule has 0 bridgehead atoms. The standard InChI is InChI=1S/C25H20F2N2O5S/c1-35(33,34)13-21(30)14-5-4-6-15(9-14)23(31)22(24(32)16-10-17(26)12-18(27)11-16)25-28-19-7-2-3-8-20(19)29-25/h2-12,21,30,32H,13H2,1H3,(H,28,29). The van der Waals surface area contributed by atoms with Crippen LogP contribution in [0.3, 0.4) is 0 Å². The van der Waals surface area contributed by atoms with Crippen LogP contribution >= 0.6 is 0 Å². The number of Topliss-reactive ketones (excluding diaryl/α,β-unsaturated/α-hetero) is 1. The SMILES string of the molecule is CS(=O)(=O)CC(O)c1cccc(C(=O)C(=C(O)c2cc(F)cc(F)c2)c2nc3ccccc3[nH]2)c1. The predicted molar refractivity (Wildman–Crippen MR) is 127 cm³/mol. The molecule has 0 saturated carbocycles. The molecule has 180 valence electrons. The van der Waals surface area contributed by atoms with Gasteiger partial charge in [0.05, 0.1) is 22.9 Å². The number of aromatic amines is 1. The number of aromatic nitrogens is 2. The van der Waals surface area contributed by atoms with Gasteiger partial charge in [-0.2, -0.15) is 0 Å². The van der Waals surface area contributed by atoms with Crippen molar-refractivity contribution in [3.8, 4) is 0 Å². The number of aliphatic hydroxyl groups excluding tert-OH is 2. The summed E-state index contributed by atoms with van der Waals surface area (Å²) in [4.78, 5) is 20.9. The Morgan fingerprint density at radius 3 is 2.34 bits per heavy atom. The first kappa shape index (κ1) is 24.2. The molecule has 0 aliphatic rings. The van der Waals surface area contributed by atoms with Crippen molar-refractivity contribution in [3.63, 3.8) is 0 Å². The number of fused-ring (bicyclic) bond motifs is 1. The zero-order chi connectivity index (χ0) is 25.3. The van der Waals surface area contributed by atoms with E-state index in [1.54, 1.807) is 24.3 Å². The number of nitrogens with one attached hydrogen (secondary N) is 1. The van der Waals surface area contributed by atoms with Crippen LogP contribution in [-0.4, -0.2) is 46.4 Å². The third kappa shape index (κ3) is 5.44. The molecule has 10 heteroatoms. The lowest BCUT2D eigenvalue weighted by atomic mass is 9.96. The highest BCUT2D eigenvalue weighted by Gasteiger charge is 2.25. The Balaban J connectivity index is 1.87. The Morgan fingerprint density at radius 2 is 1.69 bits per heavy atom. The molecule has 1 unspecified atom stereocenters. The topological polar surface area (TPSA) is 120 Å². The van der Waals surface area contributed by atoms with Crippen LogP contribution in [0.2, 0.25) is 0 Å². The Hall–Kier alpha value is -3.89. The van der Waals surface area contributed by atoms with E-state index in [9.17, 15) is 32.2 Å². The van der Waals surface area contributed by atoms with Gasteiger partial charge in [0.25, 0.3) is 0 Å². The quantitative estimate of drug-likeness (QED) is 0.199. The van der Waals surface area contributed by atoms with Crippen LogP contribution in [0.15, 0.2) is 66.7 Å². The summed E-state index contributed by atoms with van der Waals surface area (Å²) in [5, 5.41) is 21.3. The maximum absolute atomic E-state index is 13.9. The largest absolute Gasteiger partial charge is 0.506 e. The van der Waals surface area contributed by atoms with Gasteiger partial charge in [-0.25, -0.2) is 22.2 Å². The zero-order valence-electron chi connectivity index (χ0n) is 18.4. The summed E-state index contributed by atoms with van der Waals surface area (Å²) in [7, 11) is -3.51. The average molecular weight is 499 g/mol. The summed E-state index contributed by atoms with van der Waals surface area (Å²) in [6.45, 7) is 0. The van der Waals surface area contributed by atoms with Crippen LogP contribution in [0.4, 0.5) is 8.78 Å². The number of imidazole rings is 1. The van der Waals surface area contributed by atoms with Gasteiger partial charge in [-0.3, -0.25) is 4.79 Å². The smallest absolute Gasteiger partial charge is 0.200 e. The molecule has 3 N–H and O–H groups in total. The van der Waals surface area contributed by atoms with E-state index in [2.05, 4.69) is 9.97 Å². The molecule has 0 amide bonds. The van der Waals surface area contributed by atoms with Gasteiger partial charge in [-0.1, -0.05) is 30.3 Å². The van der Waals surface area contributed by atoms with Crippen molar-refractivity contribution in [2.75, 3.05) is 12.0 Å². The lowest BCUT2D eigenvalue weighted by Crippen LogP contribution is -2.14. The molecule has 0 fully saturated rings. The number of ketones is 1. The van der Waals surface area contributed by atoms with Crippen LogP contribution in [0, 0.1) is 11.6 Å². The maximum atomic E-state index is 13.9. The van der Waals surface area contributed by atoms with Crippen molar-refractivity contribution >= 4 is 38.0 Å². The highest BCUT2D eigenvalue weighted by Crippen LogP contribution is 2.30. The van der Waals surface area contributed by atoms with E-state index in [-0.39, 0.29) is 28.1 Å². The second kappa shape index (κ2) is 9.40. The van der Waals surface area contributed by atoms with Crippen molar-refractivity contribution in [1.82, 2.24) is 9.97 Å². The van der Waals surface area contributed by atoms with E-state index >= 15 is 0 Å². The molecule has 4 rings (SSSR count). The monoisotopic (exact) mass is 498 g/mol. The second-order valence-corrected chi connectivity index (χ2v) is 10.2. The lowest BCUT2D eigenvalue weighted by Gasteiger charge is -2.13. The first-order valence-corrected chi connectivity index (χ1v) is 12.4. The number of halogens is 2. The van der Waals surface area contributed by atoms with Crippen LogP contribution < -0.4 is 0 Å². The molecule has 0 spiro atoms. The van der Waals surface area contributed by atoms with Crippen molar-refractivity contribution < 1.29 is 32.2 Å². The van der Waals surface area contributed by atoms with Gasteiger partial charge >= 0.3 is 0 Å². The molecule has 7 nitrogen and oxygen atoms in total. The van der Waals surface area contributed by atoms with Crippen LogP contribution in [0.1, 0.15) is 33.4 Å². The number of allylic oxidation sites excluding steroid dienone is 1. The van der Waals surface area contributed by atoms with Gasteiger partial charge in [0.1, 0.15) is 38.6 Å². The van der Waals surface area contributed by atoms with E-state index in [1.807, 2.05) is 0 Å². The number of carbonyl (C=O) groups is 1. The Bertz CT molecular complexity index is 1520. The summed E-state index contributed by atoms with van der Waals surface area (Å²) in [6, 6.07) is 14.8. The normalized spacial score (nSPS) is 13.5. The predicted octanol–water partition coefficient (Wildman–Crippen LogP) is 4.23. The van der Waals surface area contributed by atoms with E-state index in [4.69, 9.17) is 0 Å². The van der Waals surface area contributed by atoms with Crippen molar-refractivity contribution in [2.45, 2.75) is 6.10 Å². The molecule has 0 radical (unpaired) electrons. The second-order valence-electron chi connectivity index (χ2n) is 8.05. The number of aliphatic hydroxyl groups is 2. The number of benzene rings is 3. The van der Waals surface area contributed by atoms with E-state index < -0.39 is 44.9 Å². The molecular formula is C25H20F2N2O5S. The fourth-order valence-corrected chi connectivity index (χ4v) is 4.41. The molecule has 0 aliphatic heterocycles. The first-order valence-electron chi connectivity index (χ1n) is 10.4. The van der Waals surface area contributed by atoms with Gasteiger partial charge in [0.2, 0.25) is 5.78 Å². The summed E-state index contributed by atoms with van der Waals surface area (Å²) in [5.41, 5.74) is 0.572. The van der Waals surface area contributed by atoms with Crippen molar-refractivity contribution in [1.29, 1.82) is 0 Å². The third-order valence-corrected chi connectivity index (χ3v) is 6.14. The number of carbonyl (C=O) groups excluding carboxylic acids is 1. The lowest BCUT2D eigenvalue weighted by molar-refractivity contribution is 0.105. The Labute approximate surface area is 199 Å². The Morgan fingerprint density at radius 1 is 1.00 bits per heavy atom. The molecule has 1 atom stereocenters. The molecule has 0 saturated heterocycles. The highest BCUT2D eigenvalue weighted by molar-refractivity contribution is 7.90. The van der Waals surface area contributed by atoms with Gasteiger partial charge in [-0.15, -0.1) is 0 Å². The van der Waals surface area contributed by atoms with E-state index in [0.29, 0.717) is 17.1 Å². The summed E-state index contributed by atoms with van der Waals surface area (Å²) >= 11 is 0. The molecule has 1 heterocycles. The molecule has 4 aromatic rings. The summed E-state index contributed by atoms with van der Waals surface area (Å²) < 4.78 is 50.9. The molecule has 1 aromatic heterocycles. The Kier molecular flexibility index (Phi) is 6.51. The van der Waals surface area contributed by atoms with E-state index in [0.717, 1.165) is 18.4 Å². The number of sulfone groups is 1. The average Bonchev–Trinajstić information content (AvgIpc) is 3.21. The first-order chi connectivity index (χ1) is 16.5. The zero-order valence-corrected chi connectivity index (χ0v) is 19.2. The third-order valence-electron chi connectivity index (χ3n) is 5.22.